The highest BCUT2D eigenvalue weighted by Crippen LogP contribution is 2.17. The Kier molecular flexibility index (Phi) is 7.80. The molecular formula is C15H21F3N2O4. The first-order valence-electron chi connectivity index (χ1n) is 7.16. The number of hydrogen-bond acceptors (Lipinski definition) is 5. The van der Waals surface area contributed by atoms with Gasteiger partial charge in [0.1, 0.15) is 30.8 Å². The first kappa shape index (κ1) is 20.0. The lowest BCUT2D eigenvalue weighted by Crippen LogP contribution is -2.42. The number of rotatable bonds is 9. The lowest BCUT2D eigenvalue weighted by Gasteiger charge is -2.20. The highest BCUT2D eigenvalue weighted by molar-refractivity contribution is 5.78. The molecule has 1 aromatic carbocycles. The van der Waals surface area contributed by atoms with Gasteiger partial charge >= 0.3 is 6.18 Å². The number of carbonyl (C=O) groups is 1. The predicted octanol–water partition coefficient (Wildman–Crippen LogP) is 1.05. The number of aliphatic hydroxyl groups excluding tert-OH is 1. The maximum Gasteiger partial charge on any atom is 0.405 e. The van der Waals surface area contributed by atoms with Crippen LogP contribution >= 0.6 is 0 Å². The number of hydrogen-bond donors (Lipinski definition) is 2. The minimum atomic E-state index is -4.44. The van der Waals surface area contributed by atoms with Gasteiger partial charge in [-0.15, -0.1) is 0 Å². The van der Waals surface area contributed by atoms with Crippen molar-refractivity contribution in [3.05, 3.63) is 24.3 Å². The maximum absolute atomic E-state index is 12.0. The number of halogens is 3. The predicted molar refractivity (Wildman–Crippen MR) is 81.1 cm³/mol. The molecule has 0 aliphatic heterocycles. The van der Waals surface area contributed by atoms with Gasteiger partial charge in [-0.2, -0.15) is 13.2 Å². The second-order valence-corrected chi connectivity index (χ2v) is 5.23. The fraction of sp³-hybridized carbons (Fsp3) is 0.533. The summed E-state index contributed by atoms with van der Waals surface area (Å²) in [5, 5.41) is 11.6. The summed E-state index contributed by atoms with van der Waals surface area (Å²) in [5.74, 6) is 0.450. The van der Waals surface area contributed by atoms with E-state index in [1.165, 1.54) is 11.9 Å². The molecule has 1 amide bonds. The number of benzene rings is 1. The fourth-order valence-corrected chi connectivity index (χ4v) is 1.84. The minimum absolute atomic E-state index is 0.0131. The van der Waals surface area contributed by atoms with Gasteiger partial charge in [-0.25, -0.2) is 0 Å². The molecule has 1 rings (SSSR count). The van der Waals surface area contributed by atoms with Crippen LogP contribution in [0.5, 0.6) is 11.5 Å². The minimum Gasteiger partial charge on any atom is -0.497 e. The van der Waals surface area contributed by atoms with E-state index in [9.17, 15) is 23.1 Å². The summed E-state index contributed by atoms with van der Waals surface area (Å²) in [6.45, 7) is -1.56. The van der Waals surface area contributed by atoms with E-state index in [0.29, 0.717) is 11.5 Å². The number of methoxy groups -OCH3 is 1. The largest absolute Gasteiger partial charge is 0.497 e. The van der Waals surface area contributed by atoms with Gasteiger partial charge in [0, 0.05) is 6.54 Å². The molecule has 0 aromatic heterocycles. The van der Waals surface area contributed by atoms with Crippen LogP contribution in [-0.4, -0.2) is 68.6 Å². The molecule has 0 saturated carbocycles. The first-order valence-corrected chi connectivity index (χ1v) is 7.16. The molecule has 1 aromatic rings. The Balaban J connectivity index is 2.27. The van der Waals surface area contributed by atoms with Gasteiger partial charge in [-0.1, -0.05) is 0 Å². The van der Waals surface area contributed by atoms with Crippen LogP contribution in [0, 0.1) is 0 Å². The monoisotopic (exact) mass is 350 g/mol. The summed E-state index contributed by atoms with van der Waals surface area (Å²) in [6, 6.07) is 6.78. The zero-order valence-electron chi connectivity index (χ0n) is 13.5. The number of amides is 1. The van der Waals surface area contributed by atoms with E-state index in [2.05, 4.69) is 0 Å². The van der Waals surface area contributed by atoms with Crippen molar-refractivity contribution in [3.63, 3.8) is 0 Å². The second kappa shape index (κ2) is 9.33. The number of nitrogens with one attached hydrogen (secondary N) is 1. The fourth-order valence-electron chi connectivity index (χ4n) is 1.84. The Labute approximate surface area is 138 Å². The van der Waals surface area contributed by atoms with Crippen molar-refractivity contribution in [2.45, 2.75) is 12.3 Å². The zero-order chi connectivity index (χ0) is 18.2. The van der Waals surface area contributed by atoms with E-state index >= 15 is 0 Å². The number of nitrogens with zero attached hydrogens (tertiary/aromatic N) is 1. The third-order valence-corrected chi connectivity index (χ3v) is 2.92. The summed E-state index contributed by atoms with van der Waals surface area (Å²) in [6.07, 6.45) is -5.34. The van der Waals surface area contributed by atoms with Crippen LogP contribution < -0.4 is 14.8 Å². The van der Waals surface area contributed by atoms with E-state index in [-0.39, 0.29) is 19.7 Å². The Hall–Kier alpha value is -2.00. The van der Waals surface area contributed by atoms with Crippen molar-refractivity contribution in [1.29, 1.82) is 0 Å². The lowest BCUT2D eigenvalue weighted by molar-refractivity contribution is -0.139. The SMILES string of the molecule is COc1ccc(OC[C@@H](O)CN(C)CC(=O)NCC(F)(F)F)cc1. The Bertz CT molecular complexity index is 508. The summed E-state index contributed by atoms with van der Waals surface area (Å²) >= 11 is 0. The number of aliphatic hydroxyl groups is 1. The molecule has 2 N–H and O–H groups in total. The van der Waals surface area contributed by atoms with Gasteiger partial charge in [0.05, 0.1) is 13.7 Å². The summed E-state index contributed by atoms with van der Waals surface area (Å²) in [5.41, 5.74) is 0. The Morgan fingerprint density at radius 1 is 1.29 bits per heavy atom. The van der Waals surface area contributed by atoms with Crippen molar-refractivity contribution < 1.29 is 32.5 Å². The van der Waals surface area contributed by atoms with Crippen molar-refractivity contribution in [3.8, 4) is 11.5 Å². The topological polar surface area (TPSA) is 71.0 Å². The normalized spacial score (nSPS) is 12.8. The average molecular weight is 350 g/mol. The molecule has 6 nitrogen and oxygen atoms in total. The third-order valence-electron chi connectivity index (χ3n) is 2.92. The standard InChI is InChI=1S/C15H21F3N2O4/c1-20(8-14(22)19-10-15(16,17)18)7-11(21)9-24-13-5-3-12(23-2)4-6-13/h3-6,11,21H,7-10H2,1-2H3,(H,19,22)/t11-/m0/s1. The van der Waals surface area contributed by atoms with Gasteiger partial charge in [0.25, 0.3) is 0 Å². The number of likely N-dealkylation sites (N-methyl/N-ethyl adjacent to an activating group) is 1. The Morgan fingerprint density at radius 3 is 2.42 bits per heavy atom. The van der Waals surface area contributed by atoms with Gasteiger partial charge in [0.15, 0.2) is 0 Å². The Morgan fingerprint density at radius 2 is 1.88 bits per heavy atom. The number of carbonyl (C=O) groups excluding carboxylic acids is 1. The molecular weight excluding hydrogens is 329 g/mol. The highest BCUT2D eigenvalue weighted by Gasteiger charge is 2.27. The quantitative estimate of drug-likeness (QED) is 0.697. The number of ether oxygens (including phenoxy) is 2. The number of alkyl halides is 3. The van der Waals surface area contributed by atoms with Gasteiger partial charge in [-0.05, 0) is 31.3 Å². The molecule has 9 heteroatoms. The lowest BCUT2D eigenvalue weighted by atomic mass is 10.3. The van der Waals surface area contributed by atoms with Crippen LogP contribution in [0.2, 0.25) is 0 Å². The second-order valence-electron chi connectivity index (χ2n) is 5.23. The van der Waals surface area contributed by atoms with Crippen molar-refractivity contribution in [1.82, 2.24) is 10.2 Å². The molecule has 0 saturated heterocycles. The van der Waals surface area contributed by atoms with Gasteiger partial charge < -0.3 is 19.9 Å². The summed E-state index contributed by atoms with van der Waals surface area (Å²) < 4.78 is 46.3. The van der Waals surface area contributed by atoms with Crippen LogP contribution in [0.1, 0.15) is 0 Å². The first-order chi connectivity index (χ1) is 11.2. The van der Waals surface area contributed by atoms with Crippen LogP contribution in [0.4, 0.5) is 13.2 Å². The molecule has 0 bridgehead atoms. The smallest absolute Gasteiger partial charge is 0.405 e. The van der Waals surface area contributed by atoms with Crippen LogP contribution in [0.15, 0.2) is 24.3 Å². The maximum atomic E-state index is 12.0. The summed E-state index contributed by atoms with van der Waals surface area (Å²) in [4.78, 5) is 12.8. The van der Waals surface area contributed by atoms with E-state index in [1.807, 2.05) is 0 Å². The molecule has 0 spiro atoms. The van der Waals surface area contributed by atoms with Gasteiger partial charge in [0.2, 0.25) is 5.91 Å². The average Bonchev–Trinajstić information content (AvgIpc) is 2.50. The van der Waals surface area contributed by atoms with E-state index < -0.39 is 24.7 Å². The highest BCUT2D eigenvalue weighted by atomic mass is 19.4. The van der Waals surface area contributed by atoms with Crippen molar-refractivity contribution in [2.75, 3.05) is 40.4 Å². The van der Waals surface area contributed by atoms with E-state index in [4.69, 9.17) is 9.47 Å². The molecule has 1 atom stereocenters. The van der Waals surface area contributed by atoms with Crippen molar-refractivity contribution >= 4 is 5.91 Å². The van der Waals surface area contributed by atoms with Crippen LogP contribution in [0.3, 0.4) is 0 Å². The molecule has 136 valence electrons. The molecule has 0 radical (unpaired) electrons. The van der Waals surface area contributed by atoms with Crippen LogP contribution in [0.25, 0.3) is 0 Å². The molecule has 0 heterocycles. The van der Waals surface area contributed by atoms with Gasteiger partial charge in [-0.3, -0.25) is 9.69 Å². The third kappa shape index (κ3) is 8.59. The van der Waals surface area contributed by atoms with E-state index in [0.717, 1.165) is 0 Å². The van der Waals surface area contributed by atoms with Crippen LogP contribution in [-0.2, 0) is 4.79 Å². The molecule has 24 heavy (non-hydrogen) atoms. The van der Waals surface area contributed by atoms with Crippen molar-refractivity contribution in [2.24, 2.45) is 0 Å². The molecule has 0 aliphatic carbocycles. The molecule has 0 fully saturated rings. The molecule has 0 unspecified atom stereocenters. The van der Waals surface area contributed by atoms with E-state index in [1.54, 1.807) is 36.7 Å². The summed E-state index contributed by atoms with van der Waals surface area (Å²) in [7, 11) is 3.06. The molecule has 0 aliphatic rings. The zero-order valence-corrected chi connectivity index (χ0v) is 13.5.